The molecule has 1 aliphatic rings. The molecule has 134 valence electrons. The summed E-state index contributed by atoms with van der Waals surface area (Å²) in [6.07, 6.45) is -4.53. The quantitative estimate of drug-likeness (QED) is 0.672. The van der Waals surface area contributed by atoms with Gasteiger partial charge in [-0.15, -0.1) is 0 Å². The van der Waals surface area contributed by atoms with Gasteiger partial charge in [-0.05, 0) is 51.2 Å². The van der Waals surface area contributed by atoms with Crippen molar-refractivity contribution in [1.29, 1.82) is 0 Å². The summed E-state index contributed by atoms with van der Waals surface area (Å²) in [5.41, 5.74) is -1.85. The van der Waals surface area contributed by atoms with Crippen molar-refractivity contribution in [2.75, 3.05) is 13.1 Å². The van der Waals surface area contributed by atoms with Gasteiger partial charge in [0.2, 0.25) is 0 Å². The van der Waals surface area contributed by atoms with E-state index in [0.717, 1.165) is 6.07 Å². The topological polar surface area (TPSA) is 29.5 Å². The summed E-state index contributed by atoms with van der Waals surface area (Å²) in [5, 5.41) is 0. The standard InChI is InChI=1S/C17H21F4NO2/c1-16(2,3)24-15(23)22-9-7-11(8-10-22)12-5-4-6-13(18)14(12)17(19,20)21/h4-6,11H,7-10H2,1-3H3. The van der Waals surface area contributed by atoms with Crippen LogP contribution in [0.3, 0.4) is 0 Å². The second kappa shape index (κ2) is 6.61. The van der Waals surface area contributed by atoms with Crippen LogP contribution in [0.5, 0.6) is 0 Å². The van der Waals surface area contributed by atoms with Gasteiger partial charge in [0.25, 0.3) is 0 Å². The Balaban J connectivity index is 2.11. The third-order valence-electron chi connectivity index (χ3n) is 3.92. The van der Waals surface area contributed by atoms with Crippen LogP contribution >= 0.6 is 0 Å². The van der Waals surface area contributed by atoms with Crippen LogP contribution in [0.2, 0.25) is 0 Å². The van der Waals surface area contributed by atoms with Crippen LogP contribution in [0, 0.1) is 5.82 Å². The third-order valence-corrected chi connectivity index (χ3v) is 3.92. The van der Waals surface area contributed by atoms with Crippen molar-refractivity contribution in [3.63, 3.8) is 0 Å². The second-order valence-corrected chi connectivity index (χ2v) is 6.94. The van der Waals surface area contributed by atoms with Crippen LogP contribution in [-0.4, -0.2) is 29.7 Å². The summed E-state index contributed by atoms with van der Waals surface area (Å²) in [6, 6.07) is 3.43. The van der Waals surface area contributed by atoms with Crippen LogP contribution < -0.4 is 0 Å². The van der Waals surface area contributed by atoms with E-state index in [1.165, 1.54) is 17.0 Å². The molecule has 0 spiro atoms. The fourth-order valence-electron chi connectivity index (χ4n) is 2.88. The van der Waals surface area contributed by atoms with Crippen molar-refractivity contribution < 1.29 is 27.1 Å². The molecule has 0 N–H and O–H groups in total. The van der Waals surface area contributed by atoms with Gasteiger partial charge in [-0.2, -0.15) is 13.2 Å². The van der Waals surface area contributed by atoms with Crippen LogP contribution in [0.4, 0.5) is 22.4 Å². The first-order valence-corrected chi connectivity index (χ1v) is 7.82. The average molecular weight is 347 g/mol. The van der Waals surface area contributed by atoms with E-state index in [1.807, 2.05) is 0 Å². The van der Waals surface area contributed by atoms with Crippen LogP contribution in [0.1, 0.15) is 50.7 Å². The number of benzene rings is 1. The maximum atomic E-state index is 13.7. The Labute approximate surface area is 138 Å². The lowest BCUT2D eigenvalue weighted by Crippen LogP contribution is -2.41. The molecule has 2 rings (SSSR count). The van der Waals surface area contributed by atoms with Gasteiger partial charge in [-0.1, -0.05) is 12.1 Å². The van der Waals surface area contributed by atoms with Crippen molar-refractivity contribution in [1.82, 2.24) is 4.90 Å². The normalized spacial score (nSPS) is 17.0. The minimum Gasteiger partial charge on any atom is -0.444 e. The summed E-state index contributed by atoms with van der Waals surface area (Å²) in [4.78, 5) is 13.5. The molecule has 1 heterocycles. The molecule has 24 heavy (non-hydrogen) atoms. The number of amides is 1. The van der Waals surface area contributed by atoms with Crippen molar-refractivity contribution in [3.05, 3.63) is 35.1 Å². The Kier molecular flexibility index (Phi) is 5.11. The number of piperidine rings is 1. The number of likely N-dealkylation sites (tertiary alicyclic amines) is 1. The number of alkyl halides is 3. The second-order valence-electron chi connectivity index (χ2n) is 6.94. The number of nitrogens with zero attached hydrogens (tertiary/aromatic N) is 1. The van der Waals surface area contributed by atoms with E-state index < -0.39 is 35.2 Å². The van der Waals surface area contributed by atoms with Gasteiger partial charge < -0.3 is 9.64 Å². The number of hydrogen-bond donors (Lipinski definition) is 0. The summed E-state index contributed by atoms with van der Waals surface area (Å²) in [5.74, 6) is -1.69. The number of rotatable bonds is 1. The molecule has 0 saturated carbocycles. The molecule has 0 radical (unpaired) electrons. The smallest absolute Gasteiger partial charge is 0.419 e. The molecule has 1 aromatic carbocycles. The number of hydrogen-bond acceptors (Lipinski definition) is 2. The summed E-state index contributed by atoms with van der Waals surface area (Å²) in [6.45, 7) is 5.82. The fraction of sp³-hybridized carbons (Fsp3) is 0.588. The van der Waals surface area contributed by atoms with Crippen LogP contribution in [0.25, 0.3) is 0 Å². The number of ether oxygens (including phenoxy) is 1. The number of carbonyl (C=O) groups excluding carboxylic acids is 1. The lowest BCUT2D eigenvalue weighted by Gasteiger charge is -2.34. The van der Waals surface area contributed by atoms with E-state index in [2.05, 4.69) is 0 Å². The molecule has 3 nitrogen and oxygen atoms in total. The summed E-state index contributed by atoms with van der Waals surface area (Å²) >= 11 is 0. The van der Waals surface area contributed by atoms with Crippen LogP contribution in [-0.2, 0) is 10.9 Å². The zero-order chi connectivity index (χ0) is 18.1. The Bertz CT molecular complexity index is 600. The lowest BCUT2D eigenvalue weighted by molar-refractivity contribution is -0.140. The van der Waals surface area contributed by atoms with Gasteiger partial charge in [-0.3, -0.25) is 0 Å². The number of carbonyl (C=O) groups is 1. The zero-order valence-electron chi connectivity index (χ0n) is 13.9. The van der Waals surface area contributed by atoms with Gasteiger partial charge in [0.15, 0.2) is 0 Å². The van der Waals surface area contributed by atoms with Gasteiger partial charge in [0.1, 0.15) is 11.4 Å². The largest absolute Gasteiger partial charge is 0.444 e. The van der Waals surface area contributed by atoms with E-state index >= 15 is 0 Å². The first kappa shape index (κ1) is 18.5. The first-order valence-electron chi connectivity index (χ1n) is 7.82. The maximum Gasteiger partial charge on any atom is 0.419 e. The minimum atomic E-state index is -4.73. The van der Waals surface area contributed by atoms with Crippen molar-refractivity contribution >= 4 is 6.09 Å². The minimum absolute atomic E-state index is 0.0358. The van der Waals surface area contributed by atoms with E-state index in [0.29, 0.717) is 12.8 Å². The van der Waals surface area contributed by atoms with Crippen molar-refractivity contribution in [2.45, 2.75) is 51.3 Å². The van der Waals surface area contributed by atoms with Gasteiger partial charge in [0, 0.05) is 13.1 Å². The zero-order valence-corrected chi connectivity index (χ0v) is 13.9. The van der Waals surface area contributed by atoms with E-state index in [-0.39, 0.29) is 18.7 Å². The molecule has 0 bridgehead atoms. The molecule has 1 aromatic rings. The molecule has 7 heteroatoms. The summed E-state index contributed by atoms with van der Waals surface area (Å²) < 4.78 is 58.3. The molecule has 1 aliphatic heterocycles. The Morgan fingerprint density at radius 1 is 1.17 bits per heavy atom. The predicted molar refractivity (Wildman–Crippen MR) is 81.2 cm³/mol. The maximum absolute atomic E-state index is 13.7. The van der Waals surface area contributed by atoms with E-state index in [4.69, 9.17) is 4.74 Å². The highest BCUT2D eigenvalue weighted by Gasteiger charge is 2.39. The highest BCUT2D eigenvalue weighted by Crippen LogP contribution is 2.40. The SMILES string of the molecule is CC(C)(C)OC(=O)N1CCC(c2cccc(F)c2C(F)(F)F)CC1. The van der Waals surface area contributed by atoms with Crippen molar-refractivity contribution in [3.8, 4) is 0 Å². The average Bonchev–Trinajstić information content (AvgIpc) is 2.44. The highest BCUT2D eigenvalue weighted by atomic mass is 19.4. The highest BCUT2D eigenvalue weighted by molar-refractivity contribution is 5.68. The molecule has 1 saturated heterocycles. The molecule has 0 unspecified atom stereocenters. The van der Waals surface area contributed by atoms with E-state index in [9.17, 15) is 22.4 Å². The molecular weight excluding hydrogens is 326 g/mol. The molecular formula is C17H21F4NO2. The lowest BCUT2D eigenvalue weighted by atomic mass is 9.86. The Hall–Kier alpha value is -1.79. The van der Waals surface area contributed by atoms with Gasteiger partial charge in [0.05, 0.1) is 5.56 Å². The van der Waals surface area contributed by atoms with Gasteiger partial charge >= 0.3 is 12.3 Å². The fourth-order valence-corrected chi connectivity index (χ4v) is 2.88. The van der Waals surface area contributed by atoms with E-state index in [1.54, 1.807) is 20.8 Å². The predicted octanol–water partition coefficient (Wildman–Crippen LogP) is 4.96. The molecule has 0 atom stereocenters. The Morgan fingerprint density at radius 2 is 1.75 bits per heavy atom. The molecule has 1 amide bonds. The molecule has 0 aromatic heterocycles. The number of halogens is 4. The molecule has 0 aliphatic carbocycles. The first-order chi connectivity index (χ1) is 11.0. The third kappa shape index (κ3) is 4.39. The van der Waals surface area contributed by atoms with Gasteiger partial charge in [-0.25, -0.2) is 9.18 Å². The monoisotopic (exact) mass is 347 g/mol. The molecule has 1 fully saturated rings. The Morgan fingerprint density at radius 3 is 2.25 bits per heavy atom. The summed E-state index contributed by atoms with van der Waals surface area (Å²) in [7, 11) is 0. The van der Waals surface area contributed by atoms with Crippen molar-refractivity contribution in [2.24, 2.45) is 0 Å². The van der Waals surface area contributed by atoms with Crippen LogP contribution in [0.15, 0.2) is 18.2 Å².